The molecule has 0 saturated heterocycles. The summed E-state index contributed by atoms with van der Waals surface area (Å²) in [5.74, 6) is -0.106. The molecule has 0 heterocycles. The highest BCUT2D eigenvalue weighted by Gasteiger charge is 2.07. The Hall–Kier alpha value is -1.31. The quantitative estimate of drug-likeness (QED) is 0.689. The number of hydrogen-bond donors (Lipinski definition) is 1. The molecule has 0 saturated carbocycles. The summed E-state index contributed by atoms with van der Waals surface area (Å²) in [4.78, 5) is 10.5. The summed E-state index contributed by atoms with van der Waals surface area (Å²) in [6.45, 7) is 1.96. The minimum absolute atomic E-state index is 0.106. The van der Waals surface area contributed by atoms with Gasteiger partial charge in [0.15, 0.2) is 0 Å². The summed E-state index contributed by atoms with van der Waals surface area (Å²) in [5.41, 5.74) is 7.22. The largest absolute Gasteiger partial charge is 0.399 e. The maximum absolute atomic E-state index is 10.5. The fourth-order valence-corrected chi connectivity index (χ4v) is 1.12. The van der Waals surface area contributed by atoms with Crippen LogP contribution < -0.4 is 5.73 Å². The van der Waals surface area contributed by atoms with Crippen LogP contribution in [0.1, 0.15) is 24.8 Å². The monoisotopic (exact) mass is 162 g/mol. The predicted molar refractivity (Wildman–Crippen MR) is 49.6 cm³/mol. The third-order valence-corrected chi connectivity index (χ3v) is 1.89. The molecule has 1 unspecified atom stereocenters. The first-order valence-electron chi connectivity index (χ1n) is 4.01. The highest BCUT2D eigenvalue weighted by molar-refractivity contribution is 5.63. The Bertz CT molecular complexity index is 253. The first-order valence-corrected chi connectivity index (χ1v) is 4.01. The van der Waals surface area contributed by atoms with Gasteiger partial charge in [0.25, 0.3) is 0 Å². The van der Waals surface area contributed by atoms with Gasteiger partial charge < -0.3 is 5.73 Å². The van der Waals surface area contributed by atoms with Gasteiger partial charge in [0.05, 0.1) is 5.92 Å². The topological polar surface area (TPSA) is 43.1 Å². The summed E-state index contributed by atoms with van der Waals surface area (Å²) in [7, 11) is 0. The van der Waals surface area contributed by atoms with Gasteiger partial charge in [-0.15, -0.1) is 0 Å². The lowest BCUT2D eigenvalue weighted by atomic mass is 9.98. The fourth-order valence-electron chi connectivity index (χ4n) is 1.12. The molecule has 0 aliphatic carbocycles. The molecular formula is C10H12NO. The van der Waals surface area contributed by atoms with E-state index in [4.69, 9.17) is 5.73 Å². The third-order valence-electron chi connectivity index (χ3n) is 1.89. The molecule has 1 aromatic carbocycles. The van der Waals surface area contributed by atoms with Crippen molar-refractivity contribution in [2.75, 3.05) is 5.73 Å². The van der Waals surface area contributed by atoms with E-state index in [2.05, 4.69) is 0 Å². The molecule has 0 amide bonds. The first-order chi connectivity index (χ1) is 5.77. The number of nitrogens with two attached hydrogens (primary N) is 1. The zero-order valence-electron chi connectivity index (χ0n) is 7.08. The lowest BCUT2D eigenvalue weighted by molar-refractivity contribution is 0.540. The van der Waals surface area contributed by atoms with Crippen LogP contribution in [0.4, 0.5) is 5.69 Å². The Morgan fingerprint density at radius 2 is 2.00 bits per heavy atom. The molecule has 1 aromatic rings. The second-order valence-electron chi connectivity index (χ2n) is 2.75. The van der Waals surface area contributed by atoms with Gasteiger partial charge in [-0.2, -0.15) is 0 Å². The normalized spacial score (nSPS) is 12.4. The number of nitrogen functional groups attached to an aromatic ring is 1. The number of hydrogen-bond acceptors (Lipinski definition) is 2. The summed E-state index contributed by atoms with van der Waals surface area (Å²) < 4.78 is 0. The van der Waals surface area contributed by atoms with E-state index >= 15 is 0 Å². The molecule has 0 aliphatic rings. The highest BCUT2D eigenvalue weighted by atomic mass is 16.1. The average molecular weight is 162 g/mol. The lowest BCUT2D eigenvalue weighted by Crippen LogP contribution is -1.98. The van der Waals surface area contributed by atoms with E-state index in [0.29, 0.717) is 0 Å². The van der Waals surface area contributed by atoms with Crippen LogP contribution in [0.25, 0.3) is 0 Å². The van der Waals surface area contributed by atoms with Gasteiger partial charge in [-0.3, -0.25) is 4.79 Å². The van der Waals surface area contributed by atoms with E-state index in [-0.39, 0.29) is 5.92 Å². The number of rotatable bonds is 3. The molecule has 2 heteroatoms. The molecule has 12 heavy (non-hydrogen) atoms. The summed E-state index contributed by atoms with van der Waals surface area (Å²) in [5, 5.41) is 0. The van der Waals surface area contributed by atoms with Crippen molar-refractivity contribution in [3.05, 3.63) is 29.8 Å². The van der Waals surface area contributed by atoms with Crippen molar-refractivity contribution >= 4 is 12.0 Å². The van der Waals surface area contributed by atoms with E-state index in [9.17, 15) is 4.79 Å². The molecule has 2 N–H and O–H groups in total. The molecule has 1 radical (unpaired) electrons. The van der Waals surface area contributed by atoms with Gasteiger partial charge in [-0.25, -0.2) is 0 Å². The Kier molecular flexibility index (Phi) is 2.86. The van der Waals surface area contributed by atoms with Crippen molar-refractivity contribution in [2.24, 2.45) is 0 Å². The second-order valence-corrected chi connectivity index (χ2v) is 2.75. The fraction of sp³-hybridized carbons (Fsp3) is 0.300. The number of anilines is 1. The van der Waals surface area contributed by atoms with Gasteiger partial charge in [0.1, 0.15) is 0 Å². The van der Waals surface area contributed by atoms with Crippen LogP contribution in [0.2, 0.25) is 0 Å². The predicted octanol–water partition coefficient (Wildman–Crippen LogP) is 1.87. The highest BCUT2D eigenvalue weighted by Crippen LogP contribution is 2.17. The molecule has 1 rings (SSSR count). The van der Waals surface area contributed by atoms with Crippen LogP contribution in [0.5, 0.6) is 0 Å². The van der Waals surface area contributed by atoms with E-state index in [0.717, 1.165) is 17.7 Å². The lowest BCUT2D eigenvalue weighted by Gasteiger charge is -2.05. The Balaban J connectivity index is 2.87. The molecule has 0 fully saturated rings. The summed E-state index contributed by atoms with van der Waals surface area (Å²) in [6.07, 6.45) is 2.78. The van der Waals surface area contributed by atoms with Crippen molar-refractivity contribution in [1.29, 1.82) is 0 Å². The van der Waals surface area contributed by atoms with E-state index in [1.165, 1.54) is 0 Å². The smallest absolute Gasteiger partial charge is 0.206 e. The Labute approximate surface area is 72.4 Å². The molecule has 63 valence electrons. The molecule has 0 aliphatic heterocycles. The van der Waals surface area contributed by atoms with Crippen LogP contribution in [0.3, 0.4) is 0 Å². The maximum Gasteiger partial charge on any atom is 0.206 e. The standard InChI is InChI=1S/C10H12NO/c1-2-8(7-12)9-3-5-10(11)6-4-9/h3-6,8H,2,11H2,1H3. The molecule has 0 aromatic heterocycles. The van der Waals surface area contributed by atoms with Crippen molar-refractivity contribution in [3.8, 4) is 0 Å². The van der Waals surface area contributed by atoms with Crippen LogP contribution in [0.15, 0.2) is 24.3 Å². The van der Waals surface area contributed by atoms with Crippen molar-refractivity contribution in [1.82, 2.24) is 0 Å². The van der Waals surface area contributed by atoms with Gasteiger partial charge in [-0.05, 0) is 24.1 Å². The van der Waals surface area contributed by atoms with Crippen molar-refractivity contribution < 1.29 is 4.79 Å². The van der Waals surface area contributed by atoms with Crippen LogP contribution in [-0.4, -0.2) is 6.29 Å². The zero-order chi connectivity index (χ0) is 8.97. The van der Waals surface area contributed by atoms with Crippen LogP contribution >= 0.6 is 0 Å². The maximum atomic E-state index is 10.5. The van der Waals surface area contributed by atoms with Gasteiger partial charge in [-0.1, -0.05) is 19.1 Å². The first kappa shape index (κ1) is 8.78. The second kappa shape index (κ2) is 3.90. The van der Waals surface area contributed by atoms with Crippen LogP contribution in [-0.2, 0) is 4.79 Å². The molecule has 2 nitrogen and oxygen atoms in total. The molecule has 1 atom stereocenters. The van der Waals surface area contributed by atoms with Crippen molar-refractivity contribution in [2.45, 2.75) is 19.3 Å². The zero-order valence-corrected chi connectivity index (χ0v) is 7.08. The Morgan fingerprint density at radius 1 is 1.42 bits per heavy atom. The molecule has 0 spiro atoms. The van der Waals surface area contributed by atoms with Crippen LogP contribution in [0, 0.1) is 0 Å². The third kappa shape index (κ3) is 1.84. The minimum Gasteiger partial charge on any atom is -0.399 e. The number of benzene rings is 1. The SMILES string of the molecule is CCC([C]=O)c1ccc(N)cc1. The van der Waals surface area contributed by atoms with Crippen molar-refractivity contribution in [3.63, 3.8) is 0 Å². The summed E-state index contributed by atoms with van der Waals surface area (Å²) >= 11 is 0. The van der Waals surface area contributed by atoms with Gasteiger partial charge in [0, 0.05) is 5.69 Å². The summed E-state index contributed by atoms with van der Waals surface area (Å²) in [6, 6.07) is 7.34. The minimum atomic E-state index is -0.106. The number of carbonyl (C=O) groups excluding carboxylic acids is 1. The van der Waals surface area contributed by atoms with Gasteiger partial charge in [0.2, 0.25) is 6.29 Å². The molecule has 0 bridgehead atoms. The van der Waals surface area contributed by atoms with E-state index < -0.39 is 0 Å². The van der Waals surface area contributed by atoms with E-state index in [1.54, 1.807) is 12.1 Å². The van der Waals surface area contributed by atoms with E-state index in [1.807, 2.05) is 25.3 Å². The molecular weight excluding hydrogens is 150 g/mol. The Morgan fingerprint density at radius 3 is 2.42 bits per heavy atom. The van der Waals surface area contributed by atoms with Gasteiger partial charge >= 0.3 is 0 Å². The average Bonchev–Trinajstić information content (AvgIpc) is 2.10.